The lowest BCUT2D eigenvalue weighted by Crippen LogP contribution is -2.35. The van der Waals surface area contributed by atoms with Crippen molar-refractivity contribution >= 4 is 21.7 Å². The molecule has 6 nitrogen and oxygen atoms in total. The van der Waals surface area contributed by atoms with Gasteiger partial charge in [-0.2, -0.15) is 0 Å². The van der Waals surface area contributed by atoms with E-state index in [1.54, 1.807) is 12.1 Å². The molecule has 126 valence electrons. The van der Waals surface area contributed by atoms with Crippen molar-refractivity contribution in [2.24, 2.45) is 0 Å². The zero-order chi connectivity index (χ0) is 17.5. The van der Waals surface area contributed by atoms with Crippen molar-refractivity contribution in [2.45, 2.75) is 24.3 Å². The maximum absolute atomic E-state index is 13.1. The quantitative estimate of drug-likeness (QED) is 0.919. The van der Waals surface area contributed by atoms with Crippen LogP contribution in [0, 0.1) is 0 Å². The average molecular weight is 347 g/mol. The van der Waals surface area contributed by atoms with Crippen molar-refractivity contribution < 1.29 is 23.1 Å². The van der Waals surface area contributed by atoms with E-state index in [1.807, 2.05) is 19.1 Å². The molecule has 7 heteroatoms. The number of carboxylic acid groups (broad SMARTS) is 1. The lowest BCUT2D eigenvalue weighted by Gasteiger charge is -2.24. The molecule has 1 atom stereocenters. The molecule has 0 amide bonds. The van der Waals surface area contributed by atoms with Crippen molar-refractivity contribution in [3.8, 4) is 5.75 Å². The number of carboxylic acids is 1. The first kappa shape index (κ1) is 16.3. The standard InChI is InChI=1S/C17H17NO5S/c1-11-9-12-5-3-4-6-15(12)18(11)24(21,22)13-7-8-16(23-2)14(10-13)17(19)20/h3-8,10-11H,9H2,1-2H3,(H,19,20)/t11-/m0/s1. The number of hydrogen-bond donors (Lipinski definition) is 1. The van der Waals surface area contributed by atoms with E-state index >= 15 is 0 Å². The molecule has 0 aromatic heterocycles. The lowest BCUT2D eigenvalue weighted by atomic mass is 10.1. The summed E-state index contributed by atoms with van der Waals surface area (Å²) in [4.78, 5) is 11.3. The molecule has 0 radical (unpaired) electrons. The van der Waals surface area contributed by atoms with Crippen LogP contribution >= 0.6 is 0 Å². The fourth-order valence-corrected chi connectivity index (χ4v) is 4.75. The molecule has 1 aliphatic heterocycles. The Hall–Kier alpha value is -2.54. The van der Waals surface area contributed by atoms with Crippen molar-refractivity contribution in [3.63, 3.8) is 0 Å². The third-order valence-electron chi connectivity index (χ3n) is 4.10. The zero-order valence-electron chi connectivity index (χ0n) is 13.3. The first-order chi connectivity index (χ1) is 11.4. The van der Waals surface area contributed by atoms with Crippen LogP contribution in [0.2, 0.25) is 0 Å². The molecular formula is C17H17NO5S. The van der Waals surface area contributed by atoms with Gasteiger partial charge in [0, 0.05) is 6.04 Å². The second kappa shape index (κ2) is 5.83. The molecule has 3 rings (SSSR count). The highest BCUT2D eigenvalue weighted by Crippen LogP contribution is 2.37. The van der Waals surface area contributed by atoms with E-state index in [4.69, 9.17) is 4.74 Å². The van der Waals surface area contributed by atoms with Crippen LogP contribution in [0.5, 0.6) is 5.75 Å². The number of aromatic carboxylic acids is 1. The van der Waals surface area contributed by atoms with Crippen LogP contribution in [0.1, 0.15) is 22.8 Å². The number of methoxy groups -OCH3 is 1. The number of hydrogen-bond acceptors (Lipinski definition) is 4. The van der Waals surface area contributed by atoms with Gasteiger partial charge in [-0.25, -0.2) is 13.2 Å². The third kappa shape index (κ3) is 2.50. The van der Waals surface area contributed by atoms with Crippen molar-refractivity contribution in [3.05, 3.63) is 53.6 Å². The van der Waals surface area contributed by atoms with E-state index in [-0.39, 0.29) is 22.3 Å². The van der Waals surface area contributed by atoms with Crippen LogP contribution in [-0.4, -0.2) is 32.6 Å². The van der Waals surface area contributed by atoms with E-state index < -0.39 is 16.0 Å². The van der Waals surface area contributed by atoms with Crippen molar-refractivity contribution in [2.75, 3.05) is 11.4 Å². The first-order valence-electron chi connectivity index (χ1n) is 7.40. The van der Waals surface area contributed by atoms with Gasteiger partial charge in [-0.1, -0.05) is 18.2 Å². The first-order valence-corrected chi connectivity index (χ1v) is 8.84. The monoisotopic (exact) mass is 347 g/mol. The highest BCUT2D eigenvalue weighted by atomic mass is 32.2. The Bertz CT molecular complexity index is 907. The zero-order valence-corrected chi connectivity index (χ0v) is 14.1. The van der Waals surface area contributed by atoms with Crippen molar-refractivity contribution in [1.29, 1.82) is 0 Å². The lowest BCUT2D eigenvalue weighted by molar-refractivity contribution is 0.0693. The van der Waals surface area contributed by atoms with E-state index in [1.165, 1.54) is 23.5 Å². The number of fused-ring (bicyclic) bond motifs is 1. The normalized spacial score (nSPS) is 16.8. The minimum atomic E-state index is -3.87. The summed E-state index contributed by atoms with van der Waals surface area (Å²) < 4.78 is 32.5. The number of benzene rings is 2. The number of ether oxygens (including phenoxy) is 1. The minimum absolute atomic E-state index is 0.0655. The van der Waals surface area contributed by atoms with Crippen LogP contribution in [0.4, 0.5) is 5.69 Å². The predicted octanol–water partition coefficient (Wildman–Crippen LogP) is 2.53. The minimum Gasteiger partial charge on any atom is -0.496 e. The van der Waals surface area contributed by atoms with E-state index in [0.29, 0.717) is 12.1 Å². The van der Waals surface area contributed by atoms with E-state index in [0.717, 1.165) is 11.6 Å². The van der Waals surface area contributed by atoms with Gasteiger partial charge < -0.3 is 9.84 Å². The van der Waals surface area contributed by atoms with E-state index in [9.17, 15) is 18.3 Å². The highest BCUT2D eigenvalue weighted by molar-refractivity contribution is 7.92. The summed E-state index contributed by atoms with van der Waals surface area (Å²) in [6, 6.07) is 11.0. The summed E-state index contributed by atoms with van der Waals surface area (Å²) >= 11 is 0. The molecule has 0 fully saturated rings. The molecule has 2 aromatic rings. The van der Waals surface area contributed by atoms with Crippen LogP contribution in [-0.2, 0) is 16.4 Å². The third-order valence-corrected chi connectivity index (χ3v) is 6.03. The Morgan fingerprint density at radius 2 is 1.96 bits per heavy atom. The molecule has 0 bridgehead atoms. The molecular weight excluding hydrogens is 330 g/mol. The largest absolute Gasteiger partial charge is 0.496 e. The molecule has 0 saturated carbocycles. The Kier molecular flexibility index (Phi) is 3.96. The molecule has 0 saturated heterocycles. The number of carbonyl (C=O) groups is 1. The Labute approximate surface area is 140 Å². The Morgan fingerprint density at radius 1 is 1.25 bits per heavy atom. The summed E-state index contributed by atoms with van der Waals surface area (Å²) in [6.45, 7) is 1.83. The summed E-state index contributed by atoms with van der Waals surface area (Å²) in [5, 5.41) is 9.27. The second-order valence-electron chi connectivity index (χ2n) is 5.65. The summed E-state index contributed by atoms with van der Waals surface area (Å²) in [6.07, 6.45) is 0.622. The topological polar surface area (TPSA) is 83.9 Å². The van der Waals surface area contributed by atoms with Gasteiger partial charge >= 0.3 is 5.97 Å². The van der Waals surface area contributed by atoms with Crippen molar-refractivity contribution in [1.82, 2.24) is 0 Å². The van der Waals surface area contributed by atoms with Gasteiger partial charge in [0.25, 0.3) is 10.0 Å². The molecule has 0 unspecified atom stereocenters. The molecule has 2 aromatic carbocycles. The summed E-state index contributed by atoms with van der Waals surface area (Å²) in [5.41, 5.74) is 1.41. The fraction of sp³-hybridized carbons (Fsp3) is 0.235. The maximum Gasteiger partial charge on any atom is 0.339 e. The van der Waals surface area contributed by atoms with Crippen LogP contribution in [0.3, 0.4) is 0 Å². The van der Waals surface area contributed by atoms with Crippen LogP contribution < -0.4 is 9.04 Å². The van der Waals surface area contributed by atoms with Gasteiger partial charge in [0.2, 0.25) is 0 Å². The van der Waals surface area contributed by atoms with Gasteiger partial charge in [0.15, 0.2) is 0 Å². The number of sulfonamides is 1. The smallest absolute Gasteiger partial charge is 0.339 e. The summed E-state index contributed by atoms with van der Waals surface area (Å²) in [5.74, 6) is -1.12. The molecule has 0 aliphatic carbocycles. The number of rotatable bonds is 4. The average Bonchev–Trinajstić information content (AvgIpc) is 2.90. The predicted molar refractivity (Wildman–Crippen MR) is 89.2 cm³/mol. The highest BCUT2D eigenvalue weighted by Gasteiger charge is 2.36. The molecule has 1 N–H and O–H groups in total. The number of para-hydroxylation sites is 1. The SMILES string of the molecule is COc1ccc(S(=O)(=O)N2c3ccccc3C[C@@H]2C)cc1C(=O)O. The van der Waals surface area contributed by atoms with Gasteiger partial charge in [0.05, 0.1) is 17.7 Å². The number of anilines is 1. The molecule has 1 heterocycles. The Morgan fingerprint density at radius 3 is 2.62 bits per heavy atom. The second-order valence-corrected chi connectivity index (χ2v) is 7.46. The molecule has 1 aliphatic rings. The van der Waals surface area contributed by atoms with Crippen LogP contribution in [0.15, 0.2) is 47.4 Å². The Balaban J connectivity index is 2.12. The summed E-state index contributed by atoms with van der Waals surface area (Å²) in [7, 11) is -2.53. The van der Waals surface area contributed by atoms with Gasteiger partial charge in [-0.3, -0.25) is 4.31 Å². The van der Waals surface area contributed by atoms with Gasteiger partial charge in [0.1, 0.15) is 11.3 Å². The van der Waals surface area contributed by atoms with E-state index in [2.05, 4.69) is 0 Å². The molecule has 24 heavy (non-hydrogen) atoms. The van der Waals surface area contributed by atoms with Gasteiger partial charge in [-0.05, 0) is 43.2 Å². The number of nitrogens with zero attached hydrogens (tertiary/aromatic N) is 1. The van der Waals surface area contributed by atoms with Gasteiger partial charge in [-0.15, -0.1) is 0 Å². The molecule has 0 spiro atoms. The maximum atomic E-state index is 13.1. The van der Waals surface area contributed by atoms with Crippen LogP contribution in [0.25, 0.3) is 0 Å². The fourth-order valence-electron chi connectivity index (χ4n) is 3.03.